The fraction of sp³-hybridized carbons (Fsp3) is 0.400. The molecule has 1 aromatic rings. The lowest BCUT2D eigenvalue weighted by molar-refractivity contribution is -0.384. The molecule has 1 N–H and O–H groups in total. The molecule has 0 spiro atoms. The number of anilines is 1. The Kier molecular flexibility index (Phi) is 5.43. The zero-order valence-corrected chi connectivity index (χ0v) is 11.3. The Morgan fingerprint density at radius 3 is 2.15 bits per heavy atom. The predicted octanol–water partition coefficient (Wildman–Crippen LogP) is 3.26. The number of aliphatic hydroxyl groups is 1. The number of hydrogen-bond donors (Lipinski definition) is 1. The van der Waals surface area contributed by atoms with E-state index >= 15 is 0 Å². The van der Waals surface area contributed by atoms with Crippen LogP contribution in [0.25, 0.3) is 0 Å². The maximum absolute atomic E-state index is 12.5. The van der Waals surface area contributed by atoms with Gasteiger partial charge >= 0.3 is 6.18 Å². The Morgan fingerprint density at radius 1 is 1.30 bits per heavy atom. The Morgan fingerprint density at radius 2 is 1.80 bits per heavy atom. The van der Waals surface area contributed by atoms with Gasteiger partial charge < -0.3 is 10.0 Å². The fourth-order valence-corrected chi connectivity index (χ4v) is 2.28. The third-order valence-electron chi connectivity index (χ3n) is 2.27. The molecule has 0 radical (unpaired) electrons. The van der Waals surface area contributed by atoms with Crippen LogP contribution >= 0.6 is 23.2 Å². The van der Waals surface area contributed by atoms with Crippen LogP contribution in [0.5, 0.6) is 0 Å². The molecule has 0 aliphatic heterocycles. The maximum Gasteiger partial charge on any atom is 0.405 e. The molecule has 0 saturated heterocycles. The van der Waals surface area contributed by atoms with Crippen molar-refractivity contribution in [2.75, 3.05) is 24.6 Å². The zero-order chi connectivity index (χ0) is 15.5. The van der Waals surface area contributed by atoms with Crippen LogP contribution in [0.15, 0.2) is 12.1 Å². The van der Waals surface area contributed by atoms with E-state index in [-0.39, 0.29) is 22.3 Å². The number of rotatable bonds is 5. The molecule has 0 atom stereocenters. The van der Waals surface area contributed by atoms with Gasteiger partial charge in [-0.3, -0.25) is 10.1 Å². The molecule has 20 heavy (non-hydrogen) atoms. The van der Waals surface area contributed by atoms with Gasteiger partial charge in [0.25, 0.3) is 5.69 Å². The lowest BCUT2D eigenvalue weighted by Gasteiger charge is -2.26. The highest BCUT2D eigenvalue weighted by molar-refractivity contribution is 6.39. The summed E-state index contributed by atoms with van der Waals surface area (Å²) >= 11 is 11.5. The number of aliphatic hydroxyl groups excluding tert-OH is 1. The van der Waals surface area contributed by atoms with Crippen LogP contribution in [0, 0.1) is 10.1 Å². The number of halogens is 5. The first-order valence-corrected chi connectivity index (χ1v) is 5.97. The molecule has 0 saturated carbocycles. The van der Waals surface area contributed by atoms with Crippen molar-refractivity contribution in [2.45, 2.75) is 6.18 Å². The molecule has 0 fully saturated rings. The summed E-state index contributed by atoms with van der Waals surface area (Å²) in [6, 6.07) is 1.81. The summed E-state index contributed by atoms with van der Waals surface area (Å²) in [6.45, 7) is -2.30. The zero-order valence-electron chi connectivity index (χ0n) is 9.82. The molecule has 0 bridgehead atoms. The third kappa shape index (κ3) is 4.39. The number of benzene rings is 1. The van der Waals surface area contributed by atoms with Crippen LogP contribution in [0.4, 0.5) is 24.5 Å². The minimum Gasteiger partial charge on any atom is -0.395 e. The first-order chi connectivity index (χ1) is 9.15. The van der Waals surface area contributed by atoms with Crippen molar-refractivity contribution in [3.8, 4) is 0 Å². The van der Waals surface area contributed by atoms with Gasteiger partial charge in [-0.2, -0.15) is 13.2 Å². The molecule has 0 aromatic heterocycles. The van der Waals surface area contributed by atoms with E-state index in [9.17, 15) is 23.3 Å². The highest BCUT2D eigenvalue weighted by Crippen LogP contribution is 2.38. The maximum atomic E-state index is 12.5. The highest BCUT2D eigenvalue weighted by atomic mass is 35.5. The van der Waals surface area contributed by atoms with Crippen molar-refractivity contribution in [1.82, 2.24) is 0 Å². The van der Waals surface area contributed by atoms with Gasteiger partial charge in [0, 0.05) is 18.7 Å². The lowest BCUT2D eigenvalue weighted by atomic mass is 10.2. The van der Waals surface area contributed by atoms with Crippen LogP contribution in [-0.4, -0.2) is 35.9 Å². The summed E-state index contributed by atoms with van der Waals surface area (Å²) in [6.07, 6.45) is -4.54. The van der Waals surface area contributed by atoms with Crippen LogP contribution in [-0.2, 0) is 0 Å². The number of nitro groups is 1. The number of hydrogen-bond acceptors (Lipinski definition) is 4. The molecule has 112 valence electrons. The van der Waals surface area contributed by atoms with E-state index in [1.165, 1.54) is 0 Å². The Hall–Kier alpha value is -1.25. The summed E-state index contributed by atoms with van der Waals surface area (Å²) in [7, 11) is 0. The van der Waals surface area contributed by atoms with Crippen LogP contribution < -0.4 is 4.90 Å². The molecule has 0 amide bonds. The average molecular weight is 333 g/mol. The normalized spacial score (nSPS) is 11.5. The topological polar surface area (TPSA) is 66.6 Å². The Bertz CT molecular complexity index is 488. The second-order valence-electron chi connectivity index (χ2n) is 3.78. The van der Waals surface area contributed by atoms with Gasteiger partial charge in [-0.25, -0.2) is 0 Å². The van der Waals surface area contributed by atoms with Gasteiger partial charge in [0.1, 0.15) is 6.54 Å². The molecular weight excluding hydrogens is 324 g/mol. The van der Waals surface area contributed by atoms with Crippen LogP contribution in [0.2, 0.25) is 10.0 Å². The largest absolute Gasteiger partial charge is 0.405 e. The summed E-state index contributed by atoms with van der Waals surface area (Å²) in [5.41, 5.74) is -0.634. The number of nitro benzene ring substituents is 1. The standard InChI is InChI=1S/C10H9Cl2F3N2O3/c11-7-3-6(17(19)20)4-8(12)9(7)16(1-2-18)5-10(13,14)15/h3-4,18H,1-2,5H2. The molecule has 0 heterocycles. The van der Waals surface area contributed by atoms with E-state index in [1.54, 1.807) is 0 Å². The minimum absolute atomic E-state index is 0.203. The molecule has 0 aliphatic carbocycles. The third-order valence-corrected chi connectivity index (χ3v) is 2.84. The van der Waals surface area contributed by atoms with E-state index in [4.69, 9.17) is 28.3 Å². The summed E-state index contributed by atoms with van der Waals surface area (Å²) < 4.78 is 37.4. The van der Waals surface area contributed by atoms with Crippen molar-refractivity contribution in [3.63, 3.8) is 0 Å². The van der Waals surface area contributed by atoms with Crippen molar-refractivity contribution in [2.24, 2.45) is 0 Å². The van der Waals surface area contributed by atoms with Crippen molar-refractivity contribution >= 4 is 34.6 Å². The van der Waals surface area contributed by atoms with Gasteiger partial charge in [0.2, 0.25) is 0 Å². The Labute approximate surface area is 121 Å². The first kappa shape index (κ1) is 16.8. The first-order valence-electron chi connectivity index (χ1n) is 5.21. The highest BCUT2D eigenvalue weighted by Gasteiger charge is 2.32. The van der Waals surface area contributed by atoms with Crippen molar-refractivity contribution < 1.29 is 23.2 Å². The fourth-order valence-electron chi connectivity index (χ4n) is 1.57. The van der Waals surface area contributed by atoms with Gasteiger partial charge in [0.15, 0.2) is 0 Å². The minimum atomic E-state index is -4.54. The van der Waals surface area contributed by atoms with Crippen LogP contribution in [0.3, 0.4) is 0 Å². The second kappa shape index (κ2) is 6.47. The molecule has 1 aromatic carbocycles. The van der Waals surface area contributed by atoms with Gasteiger partial charge in [-0.1, -0.05) is 23.2 Å². The van der Waals surface area contributed by atoms with Gasteiger partial charge in [-0.05, 0) is 0 Å². The summed E-state index contributed by atoms with van der Waals surface area (Å²) in [5.74, 6) is 0. The van der Waals surface area contributed by atoms with E-state index in [0.29, 0.717) is 4.90 Å². The van der Waals surface area contributed by atoms with Crippen molar-refractivity contribution in [3.05, 3.63) is 32.3 Å². The summed E-state index contributed by atoms with van der Waals surface area (Å²) in [5, 5.41) is 18.8. The molecule has 5 nitrogen and oxygen atoms in total. The Balaban J connectivity index is 3.23. The average Bonchev–Trinajstić information content (AvgIpc) is 2.25. The molecule has 0 unspecified atom stereocenters. The van der Waals surface area contributed by atoms with Gasteiger partial charge in [0.05, 0.1) is 27.3 Å². The summed E-state index contributed by atoms with van der Waals surface area (Å²) in [4.78, 5) is 10.6. The molecule has 0 aliphatic rings. The van der Waals surface area contributed by atoms with E-state index in [0.717, 1.165) is 12.1 Å². The lowest BCUT2D eigenvalue weighted by Crippen LogP contribution is -2.36. The quantitative estimate of drug-likeness (QED) is 0.663. The molecule has 10 heteroatoms. The predicted molar refractivity (Wildman–Crippen MR) is 68.5 cm³/mol. The van der Waals surface area contributed by atoms with Crippen molar-refractivity contribution in [1.29, 1.82) is 0 Å². The van der Waals surface area contributed by atoms with E-state index < -0.39 is 29.9 Å². The van der Waals surface area contributed by atoms with Crippen LogP contribution in [0.1, 0.15) is 0 Å². The van der Waals surface area contributed by atoms with Gasteiger partial charge in [-0.15, -0.1) is 0 Å². The molecule has 1 rings (SSSR count). The monoisotopic (exact) mass is 332 g/mol. The number of alkyl halides is 3. The second-order valence-corrected chi connectivity index (χ2v) is 4.59. The molecular formula is C10H9Cl2F3N2O3. The number of nitrogens with zero attached hydrogens (tertiary/aromatic N) is 2. The number of non-ortho nitro benzene ring substituents is 1. The van der Waals surface area contributed by atoms with E-state index in [1.807, 2.05) is 0 Å². The van der Waals surface area contributed by atoms with E-state index in [2.05, 4.69) is 0 Å². The smallest absolute Gasteiger partial charge is 0.395 e. The SMILES string of the molecule is O=[N+]([O-])c1cc(Cl)c(N(CCO)CC(F)(F)F)c(Cl)c1.